The van der Waals surface area contributed by atoms with Crippen molar-refractivity contribution in [1.29, 1.82) is 0 Å². The summed E-state index contributed by atoms with van der Waals surface area (Å²) in [6, 6.07) is 7.84. The fraction of sp³-hybridized carbons (Fsp3) is 0. The van der Waals surface area contributed by atoms with Crippen molar-refractivity contribution in [2.45, 2.75) is 0 Å². The normalized spacial score (nSPS) is 10.5. The van der Waals surface area contributed by atoms with Gasteiger partial charge in [0.2, 0.25) is 0 Å². The van der Waals surface area contributed by atoms with Gasteiger partial charge in [-0.05, 0) is 36.4 Å². The molecule has 0 nitrogen and oxygen atoms in total. The summed E-state index contributed by atoms with van der Waals surface area (Å²) >= 11 is 11.8. The molecule has 0 aromatic heterocycles. The van der Waals surface area contributed by atoms with Crippen molar-refractivity contribution in [3.8, 4) is 11.1 Å². The van der Waals surface area contributed by atoms with Crippen molar-refractivity contribution < 1.29 is 8.78 Å². The third-order valence-corrected chi connectivity index (χ3v) is 2.79. The molecule has 0 saturated carbocycles. The Hall–Kier alpha value is -1.12. The molecular formula is C12H6Cl2F2. The molecule has 16 heavy (non-hydrogen) atoms. The second-order valence-electron chi connectivity index (χ2n) is 3.25. The van der Waals surface area contributed by atoms with Crippen LogP contribution < -0.4 is 0 Å². The minimum Gasteiger partial charge on any atom is -0.207 e. The lowest BCUT2D eigenvalue weighted by atomic mass is 10.1. The highest BCUT2D eigenvalue weighted by Gasteiger charge is 2.09. The van der Waals surface area contributed by atoms with Crippen LogP contribution in [0.1, 0.15) is 0 Å². The van der Waals surface area contributed by atoms with Crippen molar-refractivity contribution in [3.63, 3.8) is 0 Å². The summed E-state index contributed by atoms with van der Waals surface area (Å²) in [6.07, 6.45) is 0. The van der Waals surface area contributed by atoms with E-state index in [9.17, 15) is 8.78 Å². The van der Waals surface area contributed by atoms with Crippen LogP contribution in [-0.2, 0) is 0 Å². The average Bonchev–Trinajstić information content (AvgIpc) is 2.22. The van der Waals surface area contributed by atoms with Crippen LogP contribution in [0.5, 0.6) is 0 Å². The highest BCUT2D eigenvalue weighted by molar-refractivity contribution is 6.36. The maximum Gasteiger partial charge on any atom is 0.124 e. The van der Waals surface area contributed by atoms with Crippen molar-refractivity contribution in [3.05, 3.63) is 58.1 Å². The Bertz CT molecular complexity index is 539. The van der Waals surface area contributed by atoms with Crippen LogP contribution in [0.15, 0.2) is 36.4 Å². The van der Waals surface area contributed by atoms with E-state index in [1.807, 2.05) is 0 Å². The molecule has 0 N–H and O–H groups in total. The molecule has 0 radical (unpaired) electrons. The maximum absolute atomic E-state index is 13.1. The van der Waals surface area contributed by atoms with Crippen LogP contribution in [0.4, 0.5) is 8.78 Å². The standard InChI is InChI=1S/C12H6Cl2F2/c13-11-4-2-7(15)5-10(11)9-3-1-8(16)6-12(9)14/h1-6H. The van der Waals surface area contributed by atoms with Gasteiger partial charge in [-0.2, -0.15) is 0 Å². The molecule has 0 unspecified atom stereocenters. The Kier molecular flexibility index (Phi) is 3.13. The van der Waals surface area contributed by atoms with E-state index in [1.54, 1.807) is 0 Å². The van der Waals surface area contributed by atoms with Crippen molar-refractivity contribution in [2.75, 3.05) is 0 Å². The Morgan fingerprint density at radius 3 is 2.00 bits per heavy atom. The van der Waals surface area contributed by atoms with Gasteiger partial charge in [0.15, 0.2) is 0 Å². The number of hydrogen-bond acceptors (Lipinski definition) is 0. The minimum absolute atomic E-state index is 0.201. The molecule has 82 valence electrons. The number of halogens is 4. The smallest absolute Gasteiger partial charge is 0.124 e. The lowest BCUT2D eigenvalue weighted by Gasteiger charge is -2.06. The molecule has 4 heteroatoms. The van der Waals surface area contributed by atoms with Crippen LogP contribution in [-0.4, -0.2) is 0 Å². The van der Waals surface area contributed by atoms with Gasteiger partial charge in [-0.15, -0.1) is 0 Å². The lowest BCUT2D eigenvalue weighted by molar-refractivity contribution is 0.627. The summed E-state index contributed by atoms with van der Waals surface area (Å²) in [4.78, 5) is 0. The minimum atomic E-state index is -0.443. The molecule has 0 fully saturated rings. The first-order valence-electron chi connectivity index (χ1n) is 4.48. The molecule has 0 aliphatic heterocycles. The van der Waals surface area contributed by atoms with Gasteiger partial charge in [-0.1, -0.05) is 23.2 Å². The molecule has 0 heterocycles. The number of benzene rings is 2. The zero-order valence-corrected chi connectivity index (χ0v) is 9.49. The fourth-order valence-electron chi connectivity index (χ4n) is 1.41. The largest absolute Gasteiger partial charge is 0.207 e. The first-order valence-corrected chi connectivity index (χ1v) is 5.24. The lowest BCUT2D eigenvalue weighted by Crippen LogP contribution is -1.85. The van der Waals surface area contributed by atoms with Gasteiger partial charge in [0, 0.05) is 16.1 Å². The molecule has 2 rings (SSSR count). The number of rotatable bonds is 1. The number of hydrogen-bond donors (Lipinski definition) is 0. The van der Waals surface area contributed by atoms with Gasteiger partial charge in [0.1, 0.15) is 11.6 Å². The van der Waals surface area contributed by atoms with Gasteiger partial charge >= 0.3 is 0 Å². The van der Waals surface area contributed by atoms with Gasteiger partial charge in [0.05, 0.1) is 5.02 Å². The second-order valence-corrected chi connectivity index (χ2v) is 4.06. The van der Waals surface area contributed by atoms with Gasteiger partial charge in [-0.25, -0.2) is 8.78 Å². The molecule has 0 bridgehead atoms. The topological polar surface area (TPSA) is 0 Å². The molecule has 2 aromatic rings. The third-order valence-electron chi connectivity index (χ3n) is 2.15. The summed E-state index contributed by atoms with van der Waals surface area (Å²) in [6.45, 7) is 0. The summed E-state index contributed by atoms with van der Waals surface area (Å²) in [5.74, 6) is -0.860. The van der Waals surface area contributed by atoms with Crippen LogP contribution in [0, 0.1) is 11.6 Å². The van der Waals surface area contributed by atoms with E-state index in [0.29, 0.717) is 16.1 Å². The van der Waals surface area contributed by atoms with E-state index in [0.717, 1.165) is 6.07 Å². The average molecular weight is 259 g/mol. The van der Waals surface area contributed by atoms with Gasteiger partial charge in [0.25, 0.3) is 0 Å². The molecule has 0 atom stereocenters. The molecule has 0 saturated heterocycles. The summed E-state index contributed by atoms with van der Waals surface area (Å²) in [5.41, 5.74) is 0.958. The third kappa shape index (κ3) is 2.18. The summed E-state index contributed by atoms with van der Waals surface area (Å²) in [7, 11) is 0. The van der Waals surface area contributed by atoms with Crippen LogP contribution >= 0.6 is 23.2 Å². The van der Waals surface area contributed by atoms with Gasteiger partial charge < -0.3 is 0 Å². The van der Waals surface area contributed by atoms with E-state index in [4.69, 9.17) is 23.2 Å². The van der Waals surface area contributed by atoms with Crippen LogP contribution in [0.25, 0.3) is 11.1 Å². The first kappa shape index (κ1) is 11.4. The van der Waals surface area contributed by atoms with Crippen LogP contribution in [0.3, 0.4) is 0 Å². The molecule has 2 aromatic carbocycles. The fourth-order valence-corrected chi connectivity index (χ4v) is 1.90. The highest BCUT2D eigenvalue weighted by atomic mass is 35.5. The highest BCUT2D eigenvalue weighted by Crippen LogP contribution is 2.33. The molecule has 0 amide bonds. The van der Waals surface area contributed by atoms with Crippen molar-refractivity contribution >= 4 is 23.2 Å². The Labute approximate surface area is 101 Å². The van der Waals surface area contributed by atoms with E-state index in [2.05, 4.69) is 0 Å². The quantitative estimate of drug-likeness (QED) is 0.680. The van der Waals surface area contributed by atoms with E-state index < -0.39 is 11.6 Å². The zero-order chi connectivity index (χ0) is 11.7. The molecular weight excluding hydrogens is 253 g/mol. The van der Waals surface area contributed by atoms with E-state index in [1.165, 1.54) is 30.3 Å². The monoisotopic (exact) mass is 258 g/mol. The molecule has 0 aliphatic carbocycles. The Morgan fingerprint density at radius 2 is 1.31 bits per heavy atom. The summed E-state index contributed by atoms with van der Waals surface area (Å²) < 4.78 is 25.9. The SMILES string of the molecule is Fc1ccc(-c2cc(F)ccc2Cl)c(Cl)c1. The Balaban J connectivity index is 2.62. The van der Waals surface area contributed by atoms with E-state index >= 15 is 0 Å². The van der Waals surface area contributed by atoms with Crippen molar-refractivity contribution in [2.24, 2.45) is 0 Å². The predicted octanol–water partition coefficient (Wildman–Crippen LogP) is 4.94. The molecule has 0 spiro atoms. The Morgan fingerprint density at radius 1 is 0.688 bits per heavy atom. The maximum atomic E-state index is 13.1. The van der Waals surface area contributed by atoms with Gasteiger partial charge in [-0.3, -0.25) is 0 Å². The summed E-state index contributed by atoms with van der Waals surface area (Å²) in [5, 5.41) is 0.572. The molecule has 0 aliphatic rings. The van der Waals surface area contributed by atoms with E-state index in [-0.39, 0.29) is 5.02 Å². The van der Waals surface area contributed by atoms with Crippen LogP contribution in [0.2, 0.25) is 10.0 Å². The zero-order valence-electron chi connectivity index (χ0n) is 7.98. The second kappa shape index (κ2) is 4.40. The first-order chi connectivity index (χ1) is 7.58. The predicted molar refractivity (Wildman–Crippen MR) is 61.8 cm³/mol. The van der Waals surface area contributed by atoms with Crippen molar-refractivity contribution in [1.82, 2.24) is 0 Å².